The van der Waals surface area contributed by atoms with Crippen molar-refractivity contribution >= 4 is 34.4 Å². The highest BCUT2D eigenvalue weighted by Gasteiger charge is 2.47. The zero-order chi connectivity index (χ0) is 28.4. The average molecular weight is 574 g/mol. The van der Waals surface area contributed by atoms with Crippen molar-refractivity contribution in [2.45, 2.75) is 31.6 Å². The number of hydrogen-bond donors (Lipinski definition) is 2. The standard InChI is InChI=1S/C26H22F3N5O5S/c1-2-38-17-5-7-18(8-6-17)39-19-11-15(10-16(12-19)34(36)37)31-25(35)20-14-30-33-23(26(27,28)29)13-21(32-24(20)33)22-4-3-9-40-22/h3-12,14,21,23,32H,2,13H2,1H3,(H,31,35). The van der Waals surface area contributed by atoms with Crippen LogP contribution < -0.4 is 20.1 Å². The third-order valence-corrected chi connectivity index (χ3v) is 7.09. The van der Waals surface area contributed by atoms with E-state index in [1.165, 1.54) is 23.5 Å². The number of anilines is 2. The van der Waals surface area contributed by atoms with E-state index in [-0.39, 0.29) is 34.9 Å². The summed E-state index contributed by atoms with van der Waals surface area (Å²) in [7, 11) is 0. The lowest BCUT2D eigenvalue weighted by atomic mass is 10.0. The van der Waals surface area contributed by atoms with Crippen molar-refractivity contribution in [3.8, 4) is 17.2 Å². The second-order valence-corrected chi connectivity index (χ2v) is 9.77. The Labute approximate surface area is 229 Å². The van der Waals surface area contributed by atoms with Crippen molar-refractivity contribution in [3.05, 3.63) is 86.7 Å². The topological polar surface area (TPSA) is 121 Å². The number of aromatic nitrogens is 2. The van der Waals surface area contributed by atoms with Crippen molar-refractivity contribution in [1.82, 2.24) is 9.78 Å². The highest BCUT2D eigenvalue weighted by atomic mass is 32.1. The molecule has 208 valence electrons. The van der Waals surface area contributed by atoms with E-state index in [1.54, 1.807) is 41.8 Å². The molecule has 2 aromatic carbocycles. The molecule has 10 nitrogen and oxygen atoms in total. The van der Waals surface area contributed by atoms with Crippen LogP contribution in [-0.4, -0.2) is 33.4 Å². The van der Waals surface area contributed by atoms with Gasteiger partial charge in [0.05, 0.1) is 35.5 Å². The van der Waals surface area contributed by atoms with Crippen molar-refractivity contribution in [2.75, 3.05) is 17.2 Å². The Bertz CT molecular complexity index is 1520. The van der Waals surface area contributed by atoms with Gasteiger partial charge in [-0.3, -0.25) is 14.9 Å². The minimum Gasteiger partial charge on any atom is -0.494 e. The maximum atomic E-state index is 13.9. The van der Waals surface area contributed by atoms with Gasteiger partial charge in [0.15, 0.2) is 6.04 Å². The number of nitro benzene ring substituents is 1. The summed E-state index contributed by atoms with van der Waals surface area (Å²) in [5, 5.41) is 22.7. The van der Waals surface area contributed by atoms with Crippen LogP contribution >= 0.6 is 11.3 Å². The maximum Gasteiger partial charge on any atom is 0.410 e. The molecule has 1 amide bonds. The van der Waals surface area contributed by atoms with Crippen LogP contribution in [0.25, 0.3) is 0 Å². The number of rotatable bonds is 8. The zero-order valence-corrected chi connectivity index (χ0v) is 21.7. The first kappa shape index (κ1) is 27.0. The summed E-state index contributed by atoms with van der Waals surface area (Å²) in [6.07, 6.45) is -3.85. The number of nitrogens with zero attached hydrogens (tertiary/aromatic N) is 3. The third kappa shape index (κ3) is 5.71. The van der Waals surface area contributed by atoms with Gasteiger partial charge in [-0.25, -0.2) is 4.68 Å². The van der Waals surface area contributed by atoms with Crippen LogP contribution in [0.2, 0.25) is 0 Å². The van der Waals surface area contributed by atoms with Crippen LogP contribution in [0.4, 0.5) is 30.4 Å². The van der Waals surface area contributed by atoms with Crippen LogP contribution in [-0.2, 0) is 0 Å². The summed E-state index contributed by atoms with van der Waals surface area (Å²) >= 11 is 1.30. The molecule has 2 atom stereocenters. The van der Waals surface area contributed by atoms with Gasteiger partial charge in [-0.1, -0.05) is 6.07 Å². The van der Waals surface area contributed by atoms with Crippen LogP contribution in [0.3, 0.4) is 0 Å². The Balaban J connectivity index is 1.42. The summed E-state index contributed by atoms with van der Waals surface area (Å²) in [5.41, 5.74) is -0.488. The number of ether oxygens (including phenoxy) is 2. The molecule has 0 bridgehead atoms. The molecule has 0 radical (unpaired) electrons. The number of nitrogens with one attached hydrogen (secondary N) is 2. The molecule has 2 unspecified atom stereocenters. The highest BCUT2D eigenvalue weighted by molar-refractivity contribution is 7.10. The molecule has 0 saturated carbocycles. The Kier molecular flexibility index (Phi) is 7.34. The number of nitro groups is 1. The number of carbonyl (C=O) groups is 1. The number of fused-ring (bicyclic) bond motifs is 1. The van der Waals surface area contributed by atoms with Crippen LogP contribution in [0.15, 0.2) is 66.2 Å². The normalized spacial score (nSPS) is 16.5. The first-order valence-corrected chi connectivity index (χ1v) is 13.0. The number of carbonyl (C=O) groups excluding carboxylic acids is 1. The van der Waals surface area contributed by atoms with Gasteiger partial charge in [0, 0.05) is 23.4 Å². The molecule has 2 aromatic heterocycles. The smallest absolute Gasteiger partial charge is 0.410 e. The summed E-state index contributed by atoms with van der Waals surface area (Å²) in [6.45, 7) is 2.33. The van der Waals surface area contributed by atoms with Crippen LogP contribution in [0.1, 0.15) is 40.7 Å². The number of amides is 1. The zero-order valence-electron chi connectivity index (χ0n) is 20.8. The van der Waals surface area contributed by atoms with Gasteiger partial charge in [0.1, 0.15) is 28.6 Å². The van der Waals surface area contributed by atoms with E-state index in [1.807, 2.05) is 6.92 Å². The number of alkyl halides is 3. The number of non-ortho nitro benzene ring substituents is 1. The van der Waals surface area contributed by atoms with Crippen molar-refractivity contribution in [3.63, 3.8) is 0 Å². The highest BCUT2D eigenvalue weighted by Crippen LogP contribution is 2.45. The Morgan fingerprint density at radius 3 is 2.60 bits per heavy atom. The predicted molar refractivity (Wildman–Crippen MR) is 141 cm³/mol. The lowest BCUT2D eigenvalue weighted by Crippen LogP contribution is -2.36. The van der Waals surface area contributed by atoms with E-state index in [2.05, 4.69) is 15.7 Å². The molecule has 1 aliphatic heterocycles. The lowest BCUT2D eigenvalue weighted by Gasteiger charge is -2.33. The fourth-order valence-electron chi connectivity index (χ4n) is 4.33. The molecule has 3 heterocycles. The van der Waals surface area contributed by atoms with Gasteiger partial charge < -0.3 is 20.1 Å². The van der Waals surface area contributed by atoms with Crippen molar-refractivity contribution < 1.29 is 32.4 Å². The van der Waals surface area contributed by atoms with E-state index >= 15 is 0 Å². The monoisotopic (exact) mass is 573 g/mol. The first-order valence-electron chi connectivity index (χ1n) is 12.1. The molecule has 0 saturated heterocycles. The molecule has 4 aromatic rings. The van der Waals surface area contributed by atoms with Gasteiger partial charge in [-0.15, -0.1) is 11.3 Å². The van der Waals surface area contributed by atoms with Crippen LogP contribution in [0, 0.1) is 10.1 Å². The predicted octanol–water partition coefficient (Wildman–Crippen LogP) is 6.96. The van der Waals surface area contributed by atoms with Gasteiger partial charge in [-0.2, -0.15) is 18.3 Å². The van der Waals surface area contributed by atoms with E-state index in [4.69, 9.17) is 9.47 Å². The molecule has 2 N–H and O–H groups in total. The fraction of sp³-hybridized carbons (Fsp3) is 0.231. The molecule has 0 aliphatic carbocycles. The maximum absolute atomic E-state index is 13.9. The third-order valence-electron chi connectivity index (χ3n) is 6.10. The summed E-state index contributed by atoms with van der Waals surface area (Å²) < 4.78 is 53.7. The number of halogens is 3. The van der Waals surface area contributed by atoms with E-state index in [0.717, 1.165) is 16.9 Å². The molecule has 1 aliphatic rings. The van der Waals surface area contributed by atoms with Gasteiger partial charge in [0.25, 0.3) is 11.6 Å². The SMILES string of the molecule is CCOc1ccc(Oc2cc(NC(=O)c3cnn4c3NC(c3cccs3)CC4C(F)(F)F)cc([N+](=O)[O-])c2)cc1. The molecular formula is C26H22F3N5O5S. The average Bonchev–Trinajstić information content (AvgIpc) is 3.59. The summed E-state index contributed by atoms with van der Waals surface area (Å²) in [4.78, 5) is 24.8. The second-order valence-electron chi connectivity index (χ2n) is 8.79. The minimum absolute atomic E-state index is 0.0121. The quantitative estimate of drug-likeness (QED) is 0.173. The number of hydrogen-bond acceptors (Lipinski definition) is 8. The van der Waals surface area contributed by atoms with Gasteiger partial charge >= 0.3 is 6.18 Å². The first-order chi connectivity index (χ1) is 19.1. The molecule has 5 rings (SSSR count). The molecule has 40 heavy (non-hydrogen) atoms. The van der Waals surface area contributed by atoms with Crippen molar-refractivity contribution in [1.29, 1.82) is 0 Å². The van der Waals surface area contributed by atoms with Crippen molar-refractivity contribution in [2.24, 2.45) is 0 Å². The molecule has 14 heteroatoms. The summed E-state index contributed by atoms with van der Waals surface area (Å²) in [6, 6.07) is 11.1. The molecular weight excluding hydrogens is 551 g/mol. The summed E-state index contributed by atoms with van der Waals surface area (Å²) in [5.74, 6) is 0.163. The van der Waals surface area contributed by atoms with Crippen LogP contribution in [0.5, 0.6) is 17.2 Å². The lowest BCUT2D eigenvalue weighted by molar-refractivity contribution is -0.384. The van der Waals surface area contributed by atoms with Gasteiger partial charge in [0.2, 0.25) is 0 Å². The second kappa shape index (κ2) is 10.9. The Hall–Kier alpha value is -4.59. The Morgan fingerprint density at radius 2 is 1.95 bits per heavy atom. The Morgan fingerprint density at radius 1 is 1.20 bits per heavy atom. The van der Waals surface area contributed by atoms with E-state index in [9.17, 15) is 28.1 Å². The minimum atomic E-state index is -4.60. The van der Waals surface area contributed by atoms with Gasteiger partial charge in [-0.05, 0) is 42.6 Å². The fourth-order valence-corrected chi connectivity index (χ4v) is 5.12. The van der Waals surface area contributed by atoms with E-state index < -0.39 is 29.1 Å². The van der Waals surface area contributed by atoms with E-state index in [0.29, 0.717) is 23.0 Å². The molecule has 0 fully saturated rings. The number of thiophene rings is 1. The molecule has 0 spiro atoms. The number of benzene rings is 2. The largest absolute Gasteiger partial charge is 0.494 e.